The molecule has 0 radical (unpaired) electrons. The Morgan fingerprint density at radius 3 is 2.36 bits per heavy atom. The molecule has 0 aliphatic carbocycles. The van der Waals surface area contributed by atoms with E-state index in [4.69, 9.17) is 19.8 Å². The molecule has 13 nitrogen and oxygen atoms in total. The molecule has 14 heteroatoms. The number of aromatic nitrogens is 8. The van der Waals surface area contributed by atoms with E-state index in [-0.39, 0.29) is 36.1 Å². The van der Waals surface area contributed by atoms with Crippen molar-refractivity contribution in [2.24, 2.45) is 0 Å². The molecule has 1 unspecified atom stereocenters. The Balaban J connectivity index is 1.36. The molecule has 0 aliphatic heterocycles. The first-order chi connectivity index (χ1) is 13.6. The third-order valence-electron chi connectivity index (χ3n) is 3.38. The van der Waals surface area contributed by atoms with Crippen LogP contribution < -0.4 is 11.5 Å². The maximum atomic E-state index is 11.9. The van der Waals surface area contributed by atoms with Crippen LogP contribution >= 0.6 is 0 Å². The summed E-state index contributed by atoms with van der Waals surface area (Å²) in [5, 5.41) is 0. The number of rotatable bonds is 6. The molecule has 28 heavy (non-hydrogen) atoms. The van der Waals surface area contributed by atoms with Crippen molar-refractivity contribution in [2.45, 2.75) is 13.2 Å². The van der Waals surface area contributed by atoms with Crippen LogP contribution in [0.5, 0.6) is 0 Å². The van der Waals surface area contributed by atoms with E-state index >= 15 is 0 Å². The van der Waals surface area contributed by atoms with E-state index in [1.165, 1.54) is 24.9 Å². The summed E-state index contributed by atoms with van der Waals surface area (Å²) in [7, 11) is 0. The van der Waals surface area contributed by atoms with E-state index in [9.17, 15) is 4.21 Å². The van der Waals surface area contributed by atoms with Gasteiger partial charge in [-0.05, 0) is 0 Å². The maximum absolute atomic E-state index is 11.9. The SMILES string of the molecule is Nc1nc(N)c2nc(COS(=O)OCc3cnc4ncncc4n3)cnc2n1. The number of nitrogens with zero attached hydrogens (tertiary/aromatic N) is 8. The summed E-state index contributed by atoms with van der Waals surface area (Å²) in [6.07, 6.45) is 5.77. The van der Waals surface area contributed by atoms with Gasteiger partial charge in [-0.2, -0.15) is 14.2 Å². The highest BCUT2D eigenvalue weighted by molar-refractivity contribution is 7.75. The van der Waals surface area contributed by atoms with Crippen LogP contribution in [0.4, 0.5) is 11.8 Å². The van der Waals surface area contributed by atoms with Gasteiger partial charge in [-0.15, -0.1) is 0 Å². The molecule has 4 rings (SSSR count). The summed E-state index contributed by atoms with van der Waals surface area (Å²) in [4.78, 5) is 32.2. The summed E-state index contributed by atoms with van der Waals surface area (Å²) in [5.74, 6) is 0.0919. The first-order valence-corrected chi connectivity index (χ1v) is 8.73. The molecular weight excluding hydrogens is 388 g/mol. The Bertz CT molecular complexity index is 1190. The van der Waals surface area contributed by atoms with Gasteiger partial charge in [0.15, 0.2) is 22.6 Å². The lowest BCUT2D eigenvalue weighted by Gasteiger charge is -2.05. The van der Waals surface area contributed by atoms with E-state index in [0.29, 0.717) is 22.6 Å². The molecule has 0 saturated carbocycles. The number of fused-ring (bicyclic) bond motifs is 2. The number of hydrogen-bond donors (Lipinski definition) is 2. The minimum absolute atomic E-state index is 0.00107. The Morgan fingerprint density at radius 1 is 0.857 bits per heavy atom. The quantitative estimate of drug-likeness (QED) is 0.426. The third kappa shape index (κ3) is 3.93. The molecule has 0 amide bonds. The average Bonchev–Trinajstić information content (AvgIpc) is 2.70. The molecule has 4 heterocycles. The van der Waals surface area contributed by atoms with Gasteiger partial charge in [0.1, 0.15) is 25.1 Å². The van der Waals surface area contributed by atoms with Crippen molar-refractivity contribution in [1.82, 2.24) is 39.9 Å². The number of hydrogen-bond acceptors (Lipinski definition) is 13. The Labute approximate surface area is 159 Å². The lowest BCUT2D eigenvalue weighted by atomic mass is 10.4. The fourth-order valence-electron chi connectivity index (χ4n) is 2.19. The van der Waals surface area contributed by atoms with E-state index in [0.717, 1.165) is 0 Å². The van der Waals surface area contributed by atoms with E-state index < -0.39 is 11.4 Å². The average molecular weight is 400 g/mol. The molecule has 4 aromatic rings. The monoisotopic (exact) mass is 400 g/mol. The van der Waals surface area contributed by atoms with Crippen molar-refractivity contribution in [2.75, 3.05) is 11.5 Å². The van der Waals surface area contributed by atoms with Crippen molar-refractivity contribution in [3.05, 3.63) is 36.3 Å². The zero-order chi connectivity index (χ0) is 19.5. The molecule has 0 aliphatic rings. The molecule has 1 atom stereocenters. The first kappa shape index (κ1) is 17.9. The van der Waals surface area contributed by atoms with Crippen molar-refractivity contribution < 1.29 is 12.6 Å². The normalized spacial score (nSPS) is 12.4. The largest absolute Gasteiger partial charge is 0.382 e. The van der Waals surface area contributed by atoms with E-state index in [1.807, 2.05) is 0 Å². The van der Waals surface area contributed by atoms with Gasteiger partial charge in [-0.3, -0.25) is 8.37 Å². The molecule has 4 N–H and O–H groups in total. The van der Waals surface area contributed by atoms with Crippen LogP contribution in [0, 0.1) is 0 Å². The van der Waals surface area contributed by atoms with Gasteiger partial charge in [-0.1, -0.05) is 0 Å². The minimum atomic E-state index is -2.05. The third-order valence-corrected chi connectivity index (χ3v) is 4.00. The van der Waals surface area contributed by atoms with Crippen molar-refractivity contribution in [3.63, 3.8) is 0 Å². The summed E-state index contributed by atoms with van der Waals surface area (Å²) in [6.45, 7) is -0.204. The molecule has 0 saturated heterocycles. The second-order valence-electron chi connectivity index (χ2n) is 5.32. The predicted molar refractivity (Wildman–Crippen MR) is 96.8 cm³/mol. The van der Waals surface area contributed by atoms with Crippen LogP contribution in [-0.2, 0) is 32.9 Å². The van der Waals surface area contributed by atoms with Crippen LogP contribution in [0.15, 0.2) is 24.9 Å². The highest BCUT2D eigenvalue weighted by atomic mass is 32.2. The molecule has 142 valence electrons. The summed E-state index contributed by atoms with van der Waals surface area (Å²) in [5.41, 5.74) is 13.6. The zero-order valence-electron chi connectivity index (χ0n) is 14.1. The minimum Gasteiger partial charge on any atom is -0.382 e. The van der Waals surface area contributed by atoms with Crippen molar-refractivity contribution in [1.29, 1.82) is 0 Å². The maximum Gasteiger partial charge on any atom is 0.305 e. The second-order valence-corrected chi connectivity index (χ2v) is 6.20. The Morgan fingerprint density at radius 2 is 1.57 bits per heavy atom. The Hall–Kier alpha value is -3.49. The van der Waals surface area contributed by atoms with Crippen LogP contribution in [-0.4, -0.2) is 44.1 Å². The number of anilines is 2. The van der Waals surface area contributed by atoms with Gasteiger partial charge in [-0.25, -0.2) is 29.9 Å². The highest BCUT2D eigenvalue weighted by Gasteiger charge is 2.10. The lowest BCUT2D eigenvalue weighted by Crippen LogP contribution is -2.07. The van der Waals surface area contributed by atoms with Crippen LogP contribution in [0.25, 0.3) is 22.3 Å². The molecule has 0 bridgehead atoms. The fourth-order valence-corrected chi connectivity index (χ4v) is 2.69. The van der Waals surface area contributed by atoms with Crippen LogP contribution in [0.2, 0.25) is 0 Å². The highest BCUT2D eigenvalue weighted by Crippen LogP contribution is 2.15. The summed E-state index contributed by atoms with van der Waals surface area (Å²) in [6, 6.07) is 0. The zero-order valence-corrected chi connectivity index (χ0v) is 14.9. The predicted octanol–water partition coefficient (Wildman–Crippen LogP) is -0.371. The second kappa shape index (κ2) is 7.63. The molecule has 4 aromatic heterocycles. The van der Waals surface area contributed by atoms with Crippen LogP contribution in [0.1, 0.15) is 11.4 Å². The van der Waals surface area contributed by atoms with E-state index in [2.05, 4.69) is 39.9 Å². The molecule has 0 fully saturated rings. The van der Waals surface area contributed by atoms with E-state index in [1.54, 1.807) is 0 Å². The van der Waals surface area contributed by atoms with Crippen LogP contribution in [0.3, 0.4) is 0 Å². The van der Waals surface area contributed by atoms with Gasteiger partial charge in [0, 0.05) is 0 Å². The number of nitrogen functional groups attached to an aromatic ring is 2. The lowest BCUT2D eigenvalue weighted by molar-refractivity contribution is 0.232. The summed E-state index contributed by atoms with van der Waals surface area (Å²) >= 11 is -2.05. The smallest absolute Gasteiger partial charge is 0.305 e. The molecular formula is C14H12N10O3S. The number of nitrogens with two attached hydrogens (primary N) is 2. The topological polar surface area (TPSA) is 191 Å². The van der Waals surface area contributed by atoms with Gasteiger partial charge in [0.25, 0.3) is 0 Å². The van der Waals surface area contributed by atoms with Gasteiger partial charge >= 0.3 is 11.4 Å². The first-order valence-electron chi connectivity index (χ1n) is 7.73. The van der Waals surface area contributed by atoms with Gasteiger partial charge < -0.3 is 11.5 Å². The standard InChI is InChI=1S/C14H12N10O3S/c15-11-10-13(24-14(16)23-11)19-2-8(22-10)5-27-28(25)26-4-7-1-18-12-9(21-7)3-17-6-20-12/h1-3,6H,4-5H2,(H4,15,16,19,23,24). The Kier molecular flexibility index (Phi) is 4.88. The van der Waals surface area contributed by atoms with Gasteiger partial charge in [0.05, 0.1) is 30.0 Å². The van der Waals surface area contributed by atoms with Crippen molar-refractivity contribution in [3.8, 4) is 0 Å². The fraction of sp³-hybridized carbons (Fsp3) is 0.143. The summed E-state index contributed by atoms with van der Waals surface area (Å²) < 4.78 is 22.1. The van der Waals surface area contributed by atoms with Gasteiger partial charge in [0.2, 0.25) is 5.95 Å². The molecule has 0 spiro atoms. The molecule has 0 aromatic carbocycles. The van der Waals surface area contributed by atoms with Crippen molar-refractivity contribution >= 4 is 45.5 Å².